The van der Waals surface area contributed by atoms with E-state index in [0.29, 0.717) is 39.3 Å². The first-order valence-corrected chi connectivity index (χ1v) is 9.16. The highest BCUT2D eigenvalue weighted by Crippen LogP contribution is 2.32. The van der Waals surface area contributed by atoms with Gasteiger partial charge in [-0.25, -0.2) is 9.78 Å². The maximum absolute atomic E-state index is 12.2. The summed E-state index contributed by atoms with van der Waals surface area (Å²) in [6, 6.07) is 10.8. The number of para-hydroxylation sites is 2. The molecule has 8 nitrogen and oxygen atoms in total. The molecule has 0 aliphatic heterocycles. The number of oxazole rings is 1. The number of hydrogen-bond acceptors (Lipinski definition) is 7. The van der Waals surface area contributed by atoms with Crippen molar-refractivity contribution in [3.8, 4) is 5.75 Å². The number of nitrogens with zero attached hydrogens (tertiary/aromatic N) is 3. The SMILES string of the molecule is COc1c(C)cc(Nc2ncc(C)c(Nn3c(=O)oc4ccccc43)n2)cc1Cl. The van der Waals surface area contributed by atoms with Crippen molar-refractivity contribution in [1.29, 1.82) is 0 Å². The van der Waals surface area contributed by atoms with Crippen LogP contribution < -0.4 is 21.2 Å². The van der Waals surface area contributed by atoms with E-state index in [2.05, 4.69) is 20.7 Å². The van der Waals surface area contributed by atoms with Crippen LogP contribution in [0.3, 0.4) is 0 Å². The molecule has 0 aliphatic rings. The summed E-state index contributed by atoms with van der Waals surface area (Å²) in [5, 5.41) is 3.61. The average molecular weight is 412 g/mol. The van der Waals surface area contributed by atoms with Crippen LogP contribution in [-0.2, 0) is 0 Å². The molecule has 2 aromatic heterocycles. The summed E-state index contributed by atoms with van der Waals surface area (Å²) >= 11 is 6.26. The molecule has 0 aliphatic carbocycles. The van der Waals surface area contributed by atoms with Gasteiger partial charge in [-0.3, -0.25) is 5.43 Å². The standard InChI is InChI=1S/C20H18ClN5O3/c1-11-8-13(9-14(21)17(11)28-3)23-19-22-10-12(2)18(24-19)25-26-15-6-4-5-7-16(15)29-20(26)27/h4-10H,1-3H3,(H2,22,23,24,25). The Hall–Kier alpha value is -3.52. The molecule has 2 heterocycles. The van der Waals surface area contributed by atoms with Crippen molar-refractivity contribution in [2.45, 2.75) is 13.8 Å². The van der Waals surface area contributed by atoms with E-state index in [1.165, 1.54) is 4.68 Å². The van der Waals surface area contributed by atoms with Crippen LogP contribution in [0.1, 0.15) is 11.1 Å². The van der Waals surface area contributed by atoms with Gasteiger partial charge in [-0.05, 0) is 43.7 Å². The largest absolute Gasteiger partial charge is 0.495 e. The van der Waals surface area contributed by atoms with Gasteiger partial charge in [0.1, 0.15) is 11.3 Å². The Morgan fingerprint density at radius 3 is 2.72 bits per heavy atom. The van der Waals surface area contributed by atoms with E-state index in [1.54, 1.807) is 37.6 Å². The molecule has 9 heteroatoms. The maximum Gasteiger partial charge on any atom is 0.439 e. The first-order chi connectivity index (χ1) is 14.0. The number of ether oxygens (including phenoxy) is 1. The minimum Gasteiger partial charge on any atom is -0.495 e. The fourth-order valence-electron chi connectivity index (χ4n) is 2.98. The molecular weight excluding hydrogens is 394 g/mol. The van der Waals surface area contributed by atoms with Crippen LogP contribution in [0.4, 0.5) is 17.5 Å². The highest BCUT2D eigenvalue weighted by molar-refractivity contribution is 6.32. The van der Waals surface area contributed by atoms with Crippen molar-refractivity contribution >= 4 is 40.2 Å². The third-order valence-electron chi connectivity index (χ3n) is 4.36. The Morgan fingerprint density at radius 2 is 1.97 bits per heavy atom. The molecule has 0 spiro atoms. The Balaban J connectivity index is 1.66. The molecule has 4 rings (SSSR count). The highest BCUT2D eigenvalue weighted by atomic mass is 35.5. The minimum atomic E-state index is -0.531. The lowest BCUT2D eigenvalue weighted by atomic mass is 10.2. The van der Waals surface area contributed by atoms with Crippen molar-refractivity contribution in [2.75, 3.05) is 17.9 Å². The van der Waals surface area contributed by atoms with Crippen LogP contribution in [0.15, 0.2) is 51.8 Å². The lowest BCUT2D eigenvalue weighted by Gasteiger charge is -2.13. The third-order valence-corrected chi connectivity index (χ3v) is 4.65. The number of hydrogen-bond donors (Lipinski definition) is 2. The second kappa shape index (κ2) is 7.48. The fourth-order valence-corrected chi connectivity index (χ4v) is 3.33. The minimum absolute atomic E-state index is 0.347. The number of fused-ring (bicyclic) bond motifs is 1. The van der Waals surface area contributed by atoms with Gasteiger partial charge in [-0.15, -0.1) is 0 Å². The predicted molar refractivity (Wildman–Crippen MR) is 112 cm³/mol. The second-order valence-corrected chi connectivity index (χ2v) is 6.85. The summed E-state index contributed by atoms with van der Waals surface area (Å²) in [5.74, 6) is 0.902. The maximum atomic E-state index is 12.2. The van der Waals surface area contributed by atoms with Crippen LogP contribution in [0, 0.1) is 13.8 Å². The molecule has 0 radical (unpaired) electrons. The summed E-state index contributed by atoms with van der Waals surface area (Å²) in [6.07, 6.45) is 1.66. The summed E-state index contributed by atoms with van der Waals surface area (Å²) in [5.41, 5.74) is 6.46. The third kappa shape index (κ3) is 3.62. The molecule has 0 saturated heterocycles. The second-order valence-electron chi connectivity index (χ2n) is 6.44. The zero-order valence-electron chi connectivity index (χ0n) is 16.0. The summed E-state index contributed by atoms with van der Waals surface area (Å²) in [6.45, 7) is 3.74. The van der Waals surface area contributed by atoms with Crippen molar-refractivity contribution in [3.63, 3.8) is 0 Å². The Morgan fingerprint density at radius 1 is 1.17 bits per heavy atom. The van der Waals surface area contributed by atoms with Crippen LogP contribution in [-0.4, -0.2) is 21.8 Å². The lowest BCUT2D eigenvalue weighted by molar-refractivity contribution is 0.412. The van der Waals surface area contributed by atoms with E-state index in [9.17, 15) is 4.79 Å². The van der Waals surface area contributed by atoms with E-state index in [1.807, 2.05) is 26.0 Å². The topological polar surface area (TPSA) is 94.2 Å². The Kier molecular flexibility index (Phi) is 4.85. The number of aromatic nitrogens is 3. The monoisotopic (exact) mass is 411 g/mol. The summed E-state index contributed by atoms with van der Waals surface area (Å²) < 4.78 is 11.8. The molecule has 148 valence electrons. The van der Waals surface area contributed by atoms with Crippen molar-refractivity contribution in [1.82, 2.24) is 14.6 Å². The van der Waals surface area contributed by atoms with E-state index in [4.69, 9.17) is 20.8 Å². The molecule has 0 amide bonds. The first kappa shape index (κ1) is 18.8. The zero-order valence-corrected chi connectivity index (χ0v) is 16.7. The molecule has 29 heavy (non-hydrogen) atoms. The van der Waals surface area contributed by atoms with Gasteiger partial charge in [0.2, 0.25) is 5.95 Å². The van der Waals surface area contributed by atoms with Gasteiger partial charge in [0.15, 0.2) is 11.4 Å². The number of halogens is 1. The van der Waals surface area contributed by atoms with E-state index >= 15 is 0 Å². The van der Waals surface area contributed by atoms with Crippen molar-refractivity contribution < 1.29 is 9.15 Å². The van der Waals surface area contributed by atoms with Gasteiger partial charge >= 0.3 is 5.76 Å². The number of anilines is 3. The van der Waals surface area contributed by atoms with Gasteiger partial charge in [-0.2, -0.15) is 9.66 Å². The highest BCUT2D eigenvalue weighted by Gasteiger charge is 2.12. The summed E-state index contributed by atoms with van der Waals surface area (Å²) in [4.78, 5) is 21.0. The van der Waals surface area contributed by atoms with Gasteiger partial charge in [0, 0.05) is 17.4 Å². The van der Waals surface area contributed by atoms with Crippen LogP contribution in [0.2, 0.25) is 5.02 Å². The Bertz CT molecular complexity index is 1240. The molecule has 0 saturated carbocycles. The molecule has 2 N–H and O–H groups in total. The van der Waals surface area contributed by atoms with Crippen LogP contribution >= 0.6 is 11.6 Å². The van der Waals surface area contributed by atoms with E-state index < -0.39 is 5.76 Å². The first-order valence-electron chi connectivity index (χ1n) is 8.78. The van der Waals surface area contributed by atoms with Gasteiger partial charge in [0.25, 0.3) is 0 Å². The zero-order chi connectivity index (χ0) is 20.5. The molecule has 2 aromatic carbocycles. The van der Waals surface area contributed by atoms with Crippen molar-refractivity contribution in [3.05, 3.63) is 69.3 Å². The van der Waals surface area contributed by atoms with Crippen molar-refractivity contribution in [2.24, 2.45) is 0 Å². The molecule has 0 unspecified atom stereocenters. The van der Waals surface area contributed by atoms with Crippen LogP contribution in [0.5, 0.6) is 5.75 Å². The van der Waals surface area contributed by atoms with Gasteiger partial charge in [0.05, 0.1) is 12.1 Å². The molecular formula is C20H18ClN5O3. The number of aryl methyl sites for hydroxylation is 2. The molecule has 4 aromatic rings. The quantitative estimate of drug-likeness (QED) is 0.506. The Labute approximate surface area is 171 Å². The molecule has 0 atom stereocenters. The number of benzene rings is 2. The average Bonchev–Trinajstić information content (AvgIpc) is 2.99. The van der Waals surface area contributed by atoms with E-state index in [-0.39, 0.29) is 0 Å². The van der Waals surface area contributed by atoms with Gasteiger partial charge < -0.3 is 14.5 Å². The van der Waals surface area contributed by atoms with E-state index in [0.717, 1.165) is 11.1 Å². The van der Waals surface area contributed by atoms with Crippen LogP contribution in [0.25, 0.3) is 11.1 Å². The summed E-state index contributed by atoms with van der Waals surface area (Å²) in [7, 11) is 1.57. The molecule has 0 bridgehead atoms. The number of rotatable bonds is 5. The molecule has 0 fully saturated rings. The smallest absolute Gasteiger partial charge is 0.439 e. The lowest BCUT2D eigenvalue weighted by Crippen LogP contribution is -2.23. The normalized spacial score (nSPS) is 10.9. The predicted octanol–water partition coefficient (Wildman–Crippen LogP) is 4.28. The fraction of sp³-hybridized carbons (Fsp3) is 0.150. The number of methoxy groups -OCH3 is 1. The number of nitrogens with one attached hydrogen (secondary N) is 2. The van der Waals surface area contributed by atoms with Gasteiger partial charge in [-0.1, -0.05) is 23.7 Å².